The molecule has 0 aromatic carbocycles. The molecular weight excluding hydrogens is 486 g/mol. The maximum Gasteiger partial charge on any atom is 0.407 e. The molecular formula is C26H47NO8S. The number of carbonyl (C=O) groups is 3. The summed E-state index contributed by atoms with van der Waals surface area (Å²) in [7, 11) is 0. The predicted molar refractivity (Wildman–Crippen MR) is 141 cm³/mol. The first-order chi connectivity index (χ1) is 16.3. The van der Waals surface area contributed by atoms with Crippen molar-refractivity contribution in [3.63, 3.8) is 0 Å². The fourth-order valence-electron chi connectivity index (χ4n) is 3.60. The summed E-state index contributed by atoms with van der Waals surface area (Å²) < 4.78 is 16.0. The standard InChI is InChI=1S/C26H47NO8S/c1-12-19(28)26(10,11)22(30)20(29)16(5)15(4)17(6)33-23(31)21(35-36)18(13-14(2)3)27-24(32)34-25(7,8)9/h14,17-21,28-29,36H,12-13H2,1-11H3,(H,27,32)/b16-15+/t17-,18-,19-,20+,21?/m0/s1. The lowest BCUT2D eigenvalue weighted by Crippen LogP contribution is -2.50. The molecule has 210 valence electrons. The number of aliphatic hydroxyl groups is 2. The van der Waals surface area contributed by atoms with Gasteiger partial charge in [0.2, 0.25) is 0 Å². The van der Waals surface area contributed by atoms with Crippen molar-refractivity contribution in [3.8, 4) is 0 Å². The van der Waals surface area contributed by atoms with Crippen LogP contribution in [0.5, 0.6) is 0 Å². The average molecular weight is 534 g/mol. The molecule has 0 rings (SSSR count). The Bertz CT molecular complexity index is 787. The molecule has 1 unspecified atom stereocenters. The minimum atomic E-state index is -1.47. The van der Waals surface area contributed by atoms with E-state index in [1.807, 2.05) is 13.8 Å². The maximum absolute atomic E-state index is 13.0. The zero-order valence-corrected chi connectivity index (χ0v) is 24.6. The summed E-state index contributed by atoms with van der Waals surface area (Å²) in [6.07, 6.45) is -4.37. The summed E-state index contributed by atoms with van der Waals surface area (Å²) in [5.74, 6) is -1.19. The van der Waals surface area contributed by atoms with Crippen molar-refractivity contribution in [1.29, 1.82) is 0 Å². The number of rotatable bonds is 13. The summed E-state index contributed by atoms with van der Waals surface area (Å²) in [6, 6.07) is -0.772. The second kappa shape index (κ2) is 14.4. The molecule has 0 radical (unpaired) electrons. The first kappa shape index (κ1) is 34.4. The van der Waals surface area contributed by atoms with E-state index in [4.69, 9.17) is 13.7 Å². The molecule has 0 heterocycles. The summed E-state index contributed by atoms with van der Waals surface area (Å²) in [5, 5.41) is 23.6. The van der Waals surface area contributed by atoms with Crippen LogP contribution in [0, 0.1) is 11.3 Å². The van der Waals surface area contributed by atoms with Crippen molar-refractivity contribution in [2.24, 2.45) is 11.3 Å². The summed E-state index contributed by atoms with van der Waals surface area (Å²) in [5.41, 5.74) is -1.08. The molecule has 0 aromatic rings. The van der Waals surface area contributed by atoms with Crippen molar-refractivity contribution in [2.45, 2.75) is 125 Å². The second-order valence-electron chi connectivity index (χ2n) is 11.3. The van der Waals surface area contributed by atoms with Gasteiger partial charge in [0.05, 0.1) is 17.6 Å². The minimum absolute atomic E-state index is 0.105. The lowest BCUT2D eigenvalue weighted by Gasteiger charge is -2.31. The highest BCUT2D eigenvalue weighted by molar-refractivity contribution is 7.75. The Hall–Kier alpha value is -1.62. The van der Waals surface area contributed by atoms with Crippen LogP contribution in [-0.2, 0) is 23.2 Å². The van der Waals surface area contributed by atoms with Crippen LogP contribution in [0.15, 0.2) is 11.1 Å². The van der Waals surface area contributed by atoms with Gasteiger partial charge in [-0.25, -0.2) is 9.59 Å². The molecule has 9 nitrogen and oxygen atoms in total. The molecule has 10 heteroatoms. The fourth-order valence-corrected chi connectivity index (χ4v) is 3.83. The van der Waals surface area contributed by atoms with E-state index >= 15 is 0 Å². The molecule has 0 aromatic heterocycles. The molecule has 0 saturated heterocycles. The van der Waals surface area contributed by atoms with Gasteiger partial charge in [0.1, 0.15) is 17.8 Å². The van der Waals surface area contributed by atoms with Gasteiger partial charge in [0, 0.05) is 0 Å². The van der Waals surface area contributed by atoms with E-state index < -0.39 is 59.3 Å². The number of esters is 1. The number of ketones is 1. The van der Waals surface area contributed by atoms with E-state index in [0.29, 0.717) is 24.0 Å². The van der Waals surface area contributed by atoms with Gasteiger partial charge in [-0.15, -0.1) is 0 Å². The van der Waals surface area contributed by atoms with Crippen LogP contribution in [0.2, 0.25) is 0 Å². The maximum atomic E-state index is 13.0. The molecule has 36 heavy (non-hydrogen) atoms. The van der Waals surface area contributed by atoms with Crippen molar-refractivity contribution in [1.82, 2.24) is 5.32 Å². The van der Waals surface area contributed by atoms with Crippen molar-refractivity contribution in [3.05, 3.63) is 11.1 Å². The summed E-state index contributed by atoms with van der Waals surface area (Å²) in [6.45, 7) is 18.8. The number of Topliss-reactive ketones (excluding diaryl/α,β-unsaturated/α-hetero) is 1. The number of alkyl carbamates (subject to hydrolysis) is 1. The highest BCUT2D eigenvalue weighted by atomic mass is 32.1. The third-order valence-corrected chi connectivity index (χ3v) is 6.40. The average Bonchev–Trinajstić information content (AvgIpc) is 2.74. The quantitative estimate of drug-likeness (QED) is 0.120. The van der Waals surface area contributed by atoms with Crippen LogP contribution in [0.1, 0.15) is 89.0 Å². The Kier molecular flexibility index (Phi) is 13.7. The highest BCUT2D eigenvalue weighted by Gasteiger charge is 2.40. The van der Waals surface area contributed by atoms with Crippen LogP contribution in [0.3, 0.4) is 0 Å². The normalized spacial score (nSPS) is 17.4. The number of nitrogens with one attached hydrogen (secondary N) is 1. The molecule has 0 bridgehead atoms. The Morgan fingerprint density at radius 1 is 0.972 bits per heavy atom. The smallest absolute Gasteiger partial charge is 0.407 e. The number of hydrogen-bond donors (Lipinski definition) is 4. The number of hydrogen-bond acceptors (Lipinski definition) is 9. The summed E-state index contributed by atoms with van der Waals surface area (Å²) in [4.78, 5) is 38.2. The van der Waals surface area contributed by atoms with Crippen molar-refractivity contribution >= 4 is 30.8 Å². The van der Waals surface area contributed by atoms with E-state index in [-0.39, 0.29) is 5.92 Å². The van der Waals surface area contributed by atoms with Gasteiger partial charge in [0.25, 0.3) is 0 Å². The lowest BCUT2D eigenvalue weighted by molar-refractivity contribution is -0.155. The van der Waals surface area contributed by atoms with E-state index in [9.17, 15) is 24.6 Å². The second-order valence-corrected chi connectivity index (χ2v) is 11.5. The van der Waals surface area contributed by atoms with Crippen LogP contribution < -0.4 is 5.32 Å². The monoisotopic (exact) mass is 533 g/mol. The Balaban J connectivity index is 5.70. The van der Waals surface area contributed by atoms with Gasteiger partial charge < -0.3 is 29.2 Å². The molecule has 0 fully saturated rings. The van der Waals surface area contributed by atoms with Gasteiger partial charge in [0.15, 0.2) is 11.9 Å². The van der Waals surface area contributed by atoms with Crippen LogP contribution in [-0.4, -0.2) is 64.1 Å². The van der Waals surface area contributed by atoms with E-state index in [1.165, 1.54) is 0 Å². The van der Waals surface area contributed by atoms with E-state index in [2.05, 4.69) is 18.2 Å². The topological polar surface area (TPSA) is 131 Å². The zero-order chi connectivity index (χ0) is 28.6. The Morgan fingerprint density at radius 2 is 1.50 bits per heavy atom. The summed E-state index contributed by atoms with van der Waals surface area (Å²) >= 11 is 3.85. The van der Waals surface area contributed by atoms with Crippen LogP contribution in [0.4, 0.5) is 4.79 Å². The van der Waals surface area contributed by atoms with Gasteiger partial charge in [-0.05, 0) is 84.4 Å². The number of thiol groups is 1. The van der Waals surface area contributed by atoms with Crippen molar-refractivity contribution < 1.29 is 38.3 Å². The van der Waals surface area contributed by atoms with Gasteiger partial charge >= 0.3 is 12.1 Å². The largest absolute Gasteiger partial charge is 0.456 e. The number of amides is 1. The van der Waals surface area contributed by atoms with Gasteiger partial charge in [-0.3, -0.25) is 4.79 Å². The fraction of sp³-hybridized carbons (Fsp3) is 0.808. The molecule has 0 aliphatic rings. The first-order valence-electron chi connectivity index (χ1n) is 12.4. The third-order valence-electron chi connectivity index (χ3n) is 6.18. The van der Waals surface area contributed by atoms with Crippen molar-refractivity contribution in [2.75, 3.05) is 0 Å². The van der Waals surface area contributed by atoms with E-state index in [0.717, 1.165) is 0 Å². The minimum Gasteiger partial charge on any atom is -0.456 e. The Morgan fingerprint density at radius 3 is 1.92 bits per heavy atom. The first-order valence-corrected chi connectivity index (χ1v) is 12.7. The van der Waals surface area contributed by atoms with Crippen LogP contribution in [0.25, 0.3) is 0 Å². The number of carbonyl (C=O) groups excluding carboxylic acids is 3. The zero-order valence-electron chi connectivity index (χ0n) is 23.7. The lowest BCUT2D eigenvalue weighted by atomic mass is 9.77. The molecule has 3 N–H and O–H groups in total. The molecule has 5 atom stereocenters. The SMILES string of the molecule is CC[C@H](O)C(C)(C)C(=O)[C@H](O)/C(C)=C(\C)[C@H](C)OC(=O)C(OS)[C@H](CC(C)C)NC(=O)OC(C)(C)C. The molecule has 0 aliphatic carbocycles. The number of ether oxygens (including phenoxy) is 2. The van der Waals surface area contributed by atoms with Gasteiger partial charge in [-0.2, -0.15) is 0 Å². The third kappa shape index (κ3) is 10.4. The Labute approximate surface area is 222 Å². The highest BCUT2D eigenvalue weighted by Crippen LogP contribution is 2.29. The predicted octanol–water partition coefficient (Wildman–Crippen LogP) is 4.15. The molecule has 0 spiro atoms. The number of aliphatic hydroxyl groups excluding tert-OH is 2. The van der Waals surface area contributed by atoms with E-state index in [1.54, 1.807) is 62.3 Å². The van der Waals surface area contributed by atoms with Gasteiger partial charge in [-0.1, -0.05) is 34.6 Å². The molecule has 1 amide bonds. The molecule has 0 saturated carbocycles. The molecule has 0 aliphatic heterocycles. The van der Waals surface area contributed by atoms with Crippen LogP contribution >= 0.6 is 12.9 Å².